The summed E-state index contributed by atoms with van der Waals surface area (Å²) in [4.78, 5) is 18.4. The van der Waals surface area contributed by atoms with E-state index >= 15 is 4.39 Å². The van der Waals surface area contributed by atoms with Crippen LogP contribution in [0.3, 0.4) is 0 Å². The van der Waals surface area contributed by atoms with Crippen LogP contribution in [0.4, 0.5) is 18.9 Å². The van der Waals surface area contributed by atoms with Crippen LogP contribution in [0.1, 0.15) is 22.7 Å². The Labute approximate surface area is 239 Å². The van der Waals surface area contributed by atoms with E-state index in [1.54, 1.807) is 30.0 Å². The van der Waals surface area contributed by atoms with Gasteiger partial charge in [0.05, 0.1) is 23.7 Å². The molecular weight excluding hydrogens is 547 g/mol. The van der Waals surface area contributed by atoms with Gasteiger partial charge in [-0.05, 0) is 53.8 Å². The summed E-state index contributed by atoms with van der Waals surface area (Å²) in [6, 6.07) is 15.9. The zero-order valence-electron chi connectivity index (χ0n) is 22.4. The maximum absolute atomic E-state index is 15.6. The lowest BCUT2D eigenvalue weighted by Gasteiger charge is -2.22. The van der Waals surface area contributed by atoms with Crippen LogP contribution in [-0.2, 0) is 6.42 Å². The van der Waals surface area contributed by atoms with Crippen LogP contribution in [0.15, 0.2) is 82.9 Å². The number of rotatable bonds is 7. The van der Waals surface area contributed by atoms with Gasteiger partial charge in [-0.3, -0.25) is 14.3 Å². The molecule has 1 N–H and O–H groups in total. The molecule has 0 bridgehead atoms. The molecule has 2 aromatic heterocycles. The molecule has 0 radical (unpaired) electrons. The fraction of sp³-hybridized carbons (Fsp3) is 0.188. The normalized spacial score (nSPS) is 14.3. The monoisotopic (exact) mass is 573 g/mol. The predicted octanol–water partition coefficient (Wildman–Crippen LogP) is 7.15. The van der Waals surface area contributed by atoms with Crippen LogP contribution in [0, 0.1) is 24.4 Å². The van der Waals surface area contributed by atoms with Gasteiger partial charge in [0.25, 0.3) is 5.56 Å². The first-order valence-electron chi connectivity index (χ1n) is 13.1. The van der Waals surface area contributed by atoms with Gasteiger partial charge >= 0.3 is 0 Å². The lowest BCUT2D eigenvalue weighted by atomic mass is 9.94. The van der Waals surface area contributed by atoms with Gasteiger partial charge in [0.1, 0.15) is 11.6 Å². The third-order valence-electron chi connectivity index (χ3n) is 7.59. The Bertz CT molecular complexity index is 1830. The fourth-order valence-electron chi connectivity index (χ4n) is 5.48. The molecule has 0 spiro atoms. The number of thioether (sulfide) groups is 1. The van der Waals surface area contributed by atoms with E-state index in [0.717, 1.165) is 16.5 Å². The number of pyridine rings is 2. The molecule has 3 heterocycles. The quantitative estimate of drug-likeness (QED) is 0.224. The van der Waals surface area contributed by atoms with Crippen molar-refractivity contribution in [2.24, 2.45) is 0 Å². The van der Waals surface area contributed by atoms with Crippen molar-refractivity contribution in [3.8, 4) is 16.9 Å². The van der Waals surface area contributed by atoms with Crippen LogP contribution >= 0.6 is 11.8 Å². The van der Waals surface area contributed by atoms with Crippen molar-refractivity contribution < 1.29 is 17.9 Å². The highest BCUT2D eigenvalue weighted by Crippen LogP contribution is 2.41. The van der Waals surface area contributed by atoms with Gasteiger partial charge in [0.2, 0.25) is 0 Å². The van der Waals surface area contributed by atoms with E-state index in [-0.39, 0.29) is 40.5 Å². The summed E-state index contributed by atoms with van der Waals surface area (Å²) < 4.78 is 52.0. The van der Waals surface area contributed by atoms with Crippen molar-refractivity contribution >= 4 is 28.2 Å². The van der Waals surface area contributed by atoms with E-state index in [1.807, 2.05) is 24.3 Å². The van der Waals surface area contributed by atoms with Crippen molar-refractivity contribution in [2.75, 3.05) is 24.7 Å². The molecule has 6 rings (SSSR count). The molecule has 0 fully saturated rings. The predicted molar refractivity (Wildman–Crippen MR) is 157 cm³/mol. The van der Waals surface area contributed by atoms with Crippen molar-refractivity contribution in [3.63, 3.8) is 0 Å². The standard InChI is InChI=1S/C32H26F3N3O2S/c1-18-22(14-23-25(33)8-5-9-26(23)34)32-38(31(39)29(18)21-7-4-11-28(40-2)30(21)35)20(17-41-32)15-37-27-10-3-6-19-12-13-36-16-24(19)27/h3-13,16,20,37H,14-15,17H2,1-2H3. The number of nitrogens with one attached hydrogen (secondary N) is 1. The number of hydrogen-bond acceptors (Lipinski definition) is 5. The molecular formula is C32H26F3N3O2S. The van der Waals surface area contributed by atoms with E-state index in [0.29, 0.717) is 28.5 Å². The van der Waals surface area contributed by atoms with Gasteiger partial charge in [0.15, 0.2) is 11.6 Å². The number of methoxy groups -OCH3 is 1. The second-order valence-electron chi connectivity index (χ2n) is 9.91. The number of nitrogens with zero attached hydrogens (tertiary/aromatic N) is 2. The highest BCUT2D eigenvalue weighted by molar-refractivity contribution is 7.99. The molecule has 3 aromatic carbocycles. The Morgan fingerprint density at radius 2 is 1.78 bits per heavy atom. The third-order valence-corrected chi connectivity index (χ3v) is 8.86. The topological polar surface area (TPSA) is 56.1 Å². The summed E-state index contributed by atoms with van der Waals surface area (Å²) in [5, 5.41) is 6.08. The van der Waals surface area contributed by atoms with E-state index in [2.05, 4.69) is 10.3 Å². The van der Waals surface area contributed by atoms with Crippen LogP contribution in [0.2, 0.25) is 0 Å². The molecule has 0 amide bonds. The molecule has 1 atom stereocenters. The zero-order chi connectivity index (χ0) is 28.7. The zero-order valence-corrected chi connectivity index (χ0v) is 23.2. The van der Waals surface area contributed by atoms with Crippen molar-refractivity contribution in [1.82, 2.24) is 9.55 Å². The second kappa shape index (κ2) is 11.0. The molecule has 9 heteroatoms. The first-order valence-corrected chi connectivity index (χ1v) is 14.1. The number of fused-ring (bicyclic) bond motifs is 2. The Morgan fingerprint density at radius 3 is 2.56 bits per heavy atom. The summed E-state index contributed by atoms with van der Waals surface area (Å²) in [5.41, 5.74) is 1.73. The van der Waals surface area contributed by atoms with Gasteiger partial charge in [-0.15, -0.1) is 11.8 Å². The average molecular weight is 574 g/mol. The highest BCUT2D eigenvalue weighted by atomic mass is 32.2. The summed E-state index contributed by atoms with van der Waals surface area (Å²) in [7, 11) is 1.36. The minimum absolute atomic E-state index is 0.00523. The SMILES string of the molecule is COc1cccc(-c2c(C)c(Cc3c(F)cccc3F)c3n(c2=O)C(CNc2cccc4ccncc24)CS3)c1F. The van der Waals surface area contributed by atoms with Gasteiger partial charge in [-0.1, -0.05) is 30.3 Å². The first kappa shape index (κ1) is 27.0. The molecule has 1 unspecified atom stereocenters. The molecule has 0 saturated carbocycles. The maximum Gasteiger partial charge on any atom is 0.260 e. The molecule has 1 aliphatic rings. The van der Waals surface area contributed by atoms with Gasteiger partial charge in [-0.2, -0.15) is 0 Å². The molecule has 41 heavy (non-hydrogen) atoms. The van der Waals surface area contributed by atoms with Crippen molar-refractivity contribution in [3.05, 3.63) is 118 Å². The fourth-order valence-corrected chi connectivity index (χ4v) is 6.87. The molecule has 1 aliphatic heterocycles. The molecule has 208 valence electrons. The first-order chi connectivity index (χ1) is 19.9. The molecule has 0 saturated heterocycles. The highest BCUT2D eigenvalue weighted by Gasteiger charge is 2.32. The second-order valence-corrected chi connectivity index (χ2v) is 10.9. The summed E-state index contributed by atoms with van der Waals surface area (Å²) >= 11 is 1.46. The average Bonchev–Trinajstić information content (AvgIpc) is 3.40. The van der Waals surface area contributed by atoms with Crippen LogP contribution < -0.4 is 15.6 Å². The van der Waals surface area contributed by atoms with Crippen molar-refractivity contribution in [1.29, 1.82) is 0 Å². The van der Waals surface area contributed by atoms with Gasteiger partial charge in [-0.25, -0.2) is 13.2 Å². The lowest BCUT2D eigenvalue weighted by Crippen LogP contribution is -2.31. The minimum atomic E-state index is -0.672. The molecule has 5 aromatic rings. The Hall–Kier alpha value is -4.24. The Balaban J connectivity index is 1.49. The van der Waals surface area contributed by atoms with E-state index in [1.165, 1.54) is 49.2 Å². The Kier molecular flexibility index (Phi) is 7.21. The van der Waals surface area contributed by atoms with Crippen LogP contribution in [0.5, 0.6) is 5.75 Å². The lowest BCUT2D eigenvalue weighted by molar-refractivity contribution is 0.387. The number of aromatic nitrogens is 2. The van der Waals surface area contributed by atoms with Gasteiger partial charge in [0, 0.05) is 53.3 Å². The van der Waals surface area contributed by atoms with Gasteiger partial charge < -0.3 is 10.1 Å². The summed E-state index contributed by atoms with van der Waals surface area (Å²) in [6.07, 6.45) is 3.44. The Morgan fingerprint density at radius 1 is 1.02 bits per heavy atom. The number of ether oxygens (including phenoxy) is 1. The smallest absolute Gasteiger partial charge is 0.260 e. The number of hydrogen-bond donors (Lipinski definition) is 1. The maximum atomic E-state index is 15.6. The van der Waals surface area contributed by atoms with E-state index in [9.17, 15) is 13.6 Å². The van der Waals surface area contributed by atoms with Crippen LogP contribution in [0.25, 0.3) is 21.9 Å². The van der Waals surface area contributed by atoms with Crippen molar-refractivity contribution in [2.45, 2.75) is 24.4 Å². The summed E-state index contributed by atoms with van der Waals surface area (Å²) in [5.74, 6) is -1.45. The molecule has 5 nitrogen and oxygen atoms in total. The van der Waals surface area contributed by atoms with E-state index in [4.69, 9.17) is 4.74 Å². The minimum Gasteiger partial charge on any atom is -0.494 e. The van der Waals surface area contributed by atoms with Crippen LogP contribution in [-0.4, -0.2) is 29.0 Å². The number of anilines is 1. The van der Waals surface area contributed by atoms with E-state index < -0.39 is 17.5 Å². The third kappa shape index (κ3) is 4.74. The number of halogens is 3. The molecule has 0 aliphatic carbocycles. The summed E-state index contributed by atoms with van der Waals surface area (Å²) in [6.45, 7) is 2.12. The number of benzene rings is 3. The largest absolute Gasteiger partial charge is 0.494 e.